The molecule has 0 bridgehead atoms. The minimum Gasteiger partial charge on any atom is -0.384 e. The SMILES string of the molecule is N=C(N)c1ccc(CNC(=O)c2ccccc2-c2cccc(C(=N)N)c2)cc1. The van der Waals surface area contributed by atoms with Gasteiger partial charge in [0, 0.05) is 23.2 Å². The molecule has 0 saturated heterocycles. The Labute approximate surface area is 163 Å². The molecule has 0 radical (unpaired) electrons. The average molecular weight is 371 g/mol. The van der Waals surface area contributed by atoms with Gasteiger partial charge >= 0.3 is 0 Å². The lowest BCUT2D eigenvalue weighted by Gasteiger charge is -2.12. The molecule has 0 fully saturated rings. The van der Waals surface area contributed by atoms with Gasteiger partial charge in [-0.1, -0.05) is 60.7 Å². The van der Waals surface area contributed by atoms with Gasteiger partial charge in [-0.2, -0.15) is 0 Å². The van der Waals surface area contributed by atoms with Gasteiger partial charge in [0.2, 0.25) is 0 Å². The van der Waals surface area contributed by atoms with Crippen LogP contribution in [0.1, 0.15) is 27.0 Å². The van der Waals surface area contributed by atoms with Crippen molar-refractivity contribution < 1.29 is 4.79 Å². The van der Waals surface area contributed by atoms with Crippen molar-refractivity contribution in [2.75, 3.05) is 0 Å². The maximum absolute atomic E-state index is 12.8. The zero-order chi connectivity index (χ0) is 20.1. The van der Waals surface area contributed by atoms with Gasteiger partial charge in [0.25, 0.3) is 5.91 Å². The summed E-state index contributed by atoms with van der Waals surface area (Å²) in [4.78, 5) is 12.8. The summed E-state index contributed by atoms with van der Waals surface area (Å²) in [5, 5.41) is 18.0. The van der Waals surface area contributed by atoms with E-state index in [-0.39, 0.29) is 17.6 Å². The van der Waals surface area contributed by atoms with Crippen molar-refractivity contribution in [2.45, 2.75) is 6.54 Å². The molecule has 0 atom stereocenters. The molecule has 0 saturated carbocycles. The van der Waals surface area contributed by atoms with E-state index in [1.54, 1.807) is 30.3 Å². The smallest absolute Gasteiger partial charge is 0.252 e. The van der Waals surface area contributed by atoms with Gasteiger partial charge in [0.1, 0.15) is 11.7 Å². The molecule has 6 nitrogen and oxygen atoms in total. The Morgan fingerprint density at radius 3 is 2.18 bits per heavy atom. The fourth-order valence-electron chi connectivity index (χ4n) is 2.87. The molecule has 6 heteroatoms. The minimum absolute atomic E-state index is 0.0114. The summed E-state index contributed by atoms with van der Waals surface area (Å²) < 4.78 is 0. The third kappa shape index (κ3) is 4.24. The molecule has 0 spiro atoms. The lowest BCUT2D eigenvalue weighted by Crippen LogP contribution is -2.23. The summed E-state index contributed by atoms with van der Waals surface area (Å²) in [7, 11) is 0. The number of benzene rings is 3. The molecule has 28 heavy (non-hydrogen) atoms. The number of nitrogens with two attached hydrogens (primary N) is 2. The van der Waals surface area contributed by atoms with Crippen molar-refractivity contribution >= 4 is 17.6 Å². The molecule has 0 aliphatic rings. The zero-order valence-corrected chi connectivity index (χ0v) is 15.2. The third-order valence-corrected chi connectivity index (χ3v) is 4.37. The summed E-state index contributed by atoms with van der Waals surface area (Å²) in [6, 6.07) is 21.8. The lowest BCUT2D eigenvalue weighted by molar-refractivity contribution is 0.0951. The largest absolute Gasteiger partial charge is 0.384 e. The summed E-state index contributed by atoms with van der Waals surface area (Å²) in [5.74, 6) is -0.199. The van der Waals surface area contributed by atoms with Gasteiger partial charge in [0.05, 0.1) is 0 Å². The van der Waals surface area contributed by atoms with Crippen LogP contribution in [-0.4, -0.2) is 17.6 Å². The minimum atomic E-state index is -0.195. The second-order valence-electron chi connectivity index (χ2n) is 6.33. The summed E-state index contributed by atoms with van der Waals surface area (Å²) in [6.07, 6.45) is 0. The van der Waals surface area contributed by atoms with E-state index in [4.69, 9.17) is 22.3 Å². The molecule has 3 aromatic carbocycles. The number of nitrogens with one attached hydrogen (secondary N) is 3. The summed E-state index contributed by atoms with van der Waals surface area (Å²) in [5.41, 5.74) is 15.3. The first-order valence-electron chi connectivity index (χ1n) is 8.71. The van der Waals surface area contributed by atoms with Crippen molar-refractivity contribution in [3.05, 3.63) is 95.1 Å². The number of amidine groups is 2. The highest BCUT2D eigenvalue weighted by molar-refractivity contribution is 6.02. The molecule has 3 rings (SSSR count). The molecular formula is C22H21N5O. The van der Waals surface area contributed by atoms with Crippen LogP contribution in [0.3, 0.4) is 0 Å². The molecule has 3 aromatic rings. The average Bonchev–Trinajstić information content (AvgIpc) is 2.72. The van der Waals surface area contributed by atoms with Gasteiger partial charge in [-0.25, -0.2) is 0 Å². The quantitative estimate of drug-likeness (QED) is 0.337. The third-order valence-electron chi connectivity index (χ3n) is 4.37. The number of rotatable bonds is 6. The molecule has 140 valence electrons. The van der Waals surface area contributed by atoms with E-state index >= 15 is 0 Å². The Hall–Kier alpha value is -3.93. The van der Waals surface area contributed by atoms with Crippen molar-refractivity contribution in [1.29, 1.82) is 10.8 Å². The van der Waals surface area contributed by atoms with Crippen molar-refractivity contribution in [3.63, 3.8) is 0 Å². The standard InChI is InChI=1S/C22H21N5O/c23-20(24)15-10-8-14(9-11-15)13-27-22(28)19-7-2-1-6-18(19)16-4-3-5-17(12-16)21(25)26/h1-12H,13H2,(H3,23,24)(H3,25,26)(H,27,28). The maximum atomic E-state index is 12.8. The van der Waals surface area contributed by atoms with Crippen LogP contribution in [0.2, 0.25) is 0 Å². The topological polar surface area (TPSA) is 129 Å². The molecule has 0 unspecified atom stereocenters. The number of carbonyl (C=O) groups is 1. The van der Waals surface area contributed by atoms with Crippen LogP contribution in [0, 0.1) is 10.8 Å². The number of hydrogen-bond acceptors (Lipinski definition) is 3. The van der Waals surface area contributed by atoms with Crippen LogP contribution < -0.4 is 16.8 Å². The first-order valence-corrected chi connectivity index (χ1v) is 8.71. The van der Waals surface area contributed by atoms with Gasteiger partial charge < -0.3 is 16.8 Å². The highest BCUT2D eigenvalue weighted by Crippen LogP contribution is 2.24. The Morgan fingerprint density at radius 2 is 1.50 bits per heavy atom. The second kappa shape index (κ2) is 8.18. The van der Waals surface area contributed by atoms with Gasteiger partial charge in [-0.05, 0) is 28.8 Å². The van der Waals surface area contributed by atoms with Crippen LogP contribution >= 0.6 is 0 Å². The van der Waals surface area contributed by atoms with Crippen LogP contribution in [0.4, 0.5) is 0 Å². The van der Waals surface area contributed by atoms with Crippen molar-refractivity contribution in [1.82, 2.24) is 5.32 Å². The van der Waals surface area contributed by atoms with Crippen LogP contribution in [0.5, 0.6) is 0 Å². The van der Waals surface area contributed by atoms with Gasteiger partial charge in [-0.15, -0.1) is 0 Å². The highest BCUT2D eigenvalue weighted by Gasteiger charge is 2.13. The lowest BCUT2D eigenvalue weighted by atomic mass is 9.97. The fourth-order valence-corrected chi connectivity index (χ4v) is 2.87. The predicted molar refractivity (Wildman–Crippen MR) is 112 cm³/mol. The van der Waals surface area contributed by atoms with Crippen molar-refractivity contribution in [2.24, 2.45) is 11.5 Å². The highest BCUT2D eigenvalue weighted by atomic mass is 16.1. The monoisotopic (exact) mass is 371 g/mol. The number of amides is 1. The molecule has 0 heterocycles. The van der Waals surface area contributed by atoms with E-state index in [2.05, 4.69) is 5.32 Å². The molecule has 0 aliphatic carbocycles. The second-order valence-corrected chi connectivity index (χ2v) is 6.33. The van der Waals surface area contributed by atoms with Crippen LogP contribution in [0.15, 0.2) is 72.8 Å². The normalized spacial score (nSPS) is 10.3. The van der Waals surface area contributed by atoms with E-state index in [1.807, 2.05) is 42.5 Å². The Balaban J connectivity index is 1.80. The first kappa shape index (κ1) is 18.8. The maximum Gasteiger partial charge on any atom is 0.252 e. The number of nitrogen functional groups attached to an aromatic ring is 2. The Kier molecular flexibility index (Phi) is 5.50. The van der Waals surface area contributed by atoms with E-state index < -0.39 is 0 Å². The van der Waals surface area contributed by atoms with E-state index in [0.717, 1.165) is 16.7 Å². The van der Waals surface area contributed by atoms with E-state index in [9.17, 15) is 4.79 Å². The molecule has 1 amide bonds. The Bertz CT molecular complexity index is 1040. The van der Waals surface area contributed by atoms with Crippen molar-refractivity contribution in [3.8, 4) is 11.1 Å². The van der Waals surface area contributed by atoms with Gasteiger partial charge in [-0.3, -0.25) is 15.6 Å². The fraction of sp³-hybridized carbons (Fsp3) is 0.0455. The zero-order valence-electron chi connectivity index (χ0n) is 15.2. The summed E-state index contributed by atoms with van der Waals surface area (Å²) >= 11 is 0. The van der Waals surface area contributed by atoms with Crippen LogP contribution in [-0.2, 0) is 6.54 Å². The first-order chi connectivity index (χ1) is 13.5. The Morgan fingerprint density at radius 1 is 0.821 bits per heavy atom. The molecule has 7 N–H and O–H groups in total. The predicted octanol–water partition coefficient (Wildman–Crippen LogP) is 2.85. The molecule has 0 aromatic heterocycles. The van der Waals surface area contributed by atoms with E-state index in [0.29, 0.717) is 23.2 Å². The summed E-state index contributed by atoms with van der Waals surface area (Å²) in [6.45, 7) is 0.360. The van der Waals surface area contributed by atoms with E-state index in [1.165, 1.54) is 0 Å². The number of carbonyl (C=O) groups excluding carboxylic acids is 1. The molecule has 0 aliphatic heterocycles. The number of hydrogen-bond donors (Lipinski definition) is 5. The molecular weight excluding hydrogens is 350 g/mol. The van der Waals surface area contributed by atoms with Gasteiger partial charge in [0.15, 0.2) is 0 Å². The van der Waals surface area contributed by atoms with Crippen LogP contribution in [0.25, 0.3) is 11.1 Å².